The van der Waals surface area contributed by atoms with Crippen molar-refractivity contribution in [3.8, 4) is 0 Å². The molecule has 1 aromatic carbocycles. The van der Waals surface area contributed by atoms with Gasteiger partial charge in [-0.05, 0) is 39.9 Å². The number of likely N-dealkylation sites (N-methyl/N-ethyl adjacent to an activating group) is 2. The zero-order chi connectivity index (χ0) is 15.0. The fourth-order valence-electron chi connectivity index (χ4n) is 2.64. The Morgan fingerprint density at radius 3 is 2.35 bits per heavy atom. The predicted octanol–water partition coefficient (Wildman–Crippen LogP) is 3.08. The van der Waals surface area contributed by atoms with Crippen LogP contribution in [0.4, 0.5) is 0 Å². The molecule has 1 aromatic rings. The van der Waals surface area contributed by atoms with Crippen molar-refractivity contribution in [3.05, 3.63) is 35.9 Å². The molecule has 0 aliphatic rings. The van der Waals surface area contributed by atoms with Crippen molar-refractivity contribution in [1.82, 2.24) is 10.2 Å². The van der Waals surface area contributed by atoms with Crippen molar-refractivity contribution in [2.45, 2.75) is 45.4 Å². The lowest BCUT2D eigenvalue weighted by molar-refractivity contribution is 0.0510. The van der Waals surface area contributed by atoms with E-state index in [0.29, 0.717) is 18.2 Å². The van der Waals surface area contributed by atoms with E-state index in [1.54, 1.807) is 0 Å². The molecule has 1 rings (SSSR count). The largest absolute Gasteiger partial charge is 0.377 e. The molecule has 3 nitrogen and oxygen atoms in total. The second-order valence-corrected chi connectivity index (χ2v) is 5.55. The van der Waals surface area contributed by atoms with Gasteiger partial charge < -0.3 is 10.1 Å². The highest BCUT2D eigenvalue weighted by molar-refractivity contribution is 5.20. The molecule has 2 unspecified atom stereocenters. The van der Waals surface area contributed by atoms with Crippen LogP contribution in [0.1, 0.15) is 38.8 Å². The van der Waals surface area contributed by atoms with Crippen LogP contribution >= 0.6 is 0 Å². The fourth-order valence-corrected chi connectivity index (χ4v) is 2.64. The van der Waals surface area contributed by atoms with Gasteiger partial charge in [-0.2, -0.15) is 0 Å². The predicted molar refractivity (Wildman–Crippen MR) is 86.0 cm³/mol. The third-order valence-electron chi connectivity index (χ3n) is 3.73. The molecular formula is C17H30N2O. The number of benzene rings is 1. The number of nitrogens with one attached hydrogen (secondary N) is 1. The number of hydrogen-bond donors (Lipinski definition) is 1. The minimum absolute atomic E-state index is 0.303. The number of ether oxygens (including phenoxy) is 1. The van der Waals surface area contributed by atoms with Gasteiger partial charge in [-0.1, -0.05) is 37.3 Å². The molecule has 0 fully saturated rings. The van der Waals surface area contributed by atoms with E-state index in [4.69, 9.17) is 4.74 Å². The van der Waals surface area contributed by atoms with Gasteiger partial charge in [0.15, 0.2) is 0 Å². The third kappa shape index (κ3) is 5.23. The Kier molecular flexibility index (Phi) is 7.82. The van der Waals surface area contributed by atoms with Gasteiger partial charge in [0.05, 0.1) is 12.7 Å². The molecule has 0 aliphatic carbocycles. The van der Waals surface area contributed by atoms with Gasteiger partial charge in [0.2, 0.25) is 0 Å². The highest BCUT2D eigenvalue weighted by atomic mass is 16.5. The summed E-state index contributed by atoms with van der Waals surface area (Å²) in [6, 6.07) is 11.5. The number of rotatable bonds is 9. The maximum atomic E-state index is 5.66. The van der Waals surface area contributed by atoms with E-state index in [1.165, 1.54) is 5.56 Å². The highest BCUT2D eigenvalue weighted by Gasteiger charge is 2.23. The first-order valence-corrected chi connectivity index (χ1v) is 7.64. The van der Waals surface area contributed by atoms with Gasteiger partial charge in [0.1, 0.15) is 0 Å². The Morgan fingerprint density at radius 2 is 1.85 bits per heavy atom. The van der Waals surface area contributed by atoms with E-state index in [0.717, 1.165) is 19.6 Å². The molecule has 3 heteroatoms. The van der Waals surface area contributed by atoms with E-state index >= 15 is 0 Å². The van der Waals surface area contributed by atoms with Gasteiger partial charge in [-0.3, -0.25) is 4.90 Å². The van der Waals surface area contributed by atoms with Crippen LogP contribution in [0.3, 0.4) is 0 Å². The van der Waals surface area contributed by atoms with E-state index in [2.05, 4.69) is 68.4 Å². The minimum atomic E-state index is 0.303. The summed E-state index contributed by atoms with van der Waals surface area (Å²) in [5.41, 5.74) is 1.35. The summed E-state index contributed by atoms with van der Waals surface area (Å²) in [6.45, 7) is 8.16. The molecule has 20 heavy (non-hydrogen) atoms. The van der Waals surface area contributed by atoms with Crippen molar-refractivity contribution in [2.75, 3.05) is 27.2 Å². The molecule has 0 heterocycles. The molecule has 0 amide bonds. The first-order valence-electron chi connectivity index (χ1n) is 7.64. The normalized spacial score (nSPS) is 14.8. The lowest BCUT2D eigenvalue weighted by Gasteiger charge is -2.34. The summed E-state index contributed by atoms with van der Waals surface area (Å²) in [5, 5.41) is 3.47. The lowest BCUT2D eigenvalue weighted by atomic mass is 9.96. The molecule has 114 valence electrons. The van der Waals surface area contributed by atoms with Crippen LogP contribution in [0.15, 0.2) is 30.3 Å². The van der Waals surface area contributed by atoms with Gasteiger partial charge in [0.25, 0.3) is 0 Å². The van der Waals surface area contributed by atoms with E-state index in [-0.39, 0.29) is 0 Å². The summed E-state index contributed by atoms with van der Waals surface area (Å²) in [6.07, 6.45) is 1.41. The summed E-state index contributed by atoms with van der Waals surface area (Å²) in [4.78, 5) is 2.40. The van der Waals surface area contributed by atoms with Gasteiger partial charge >= 0.3 is 0 Å². The fraction of sp³-hybridized carbons (Fsp3) is 0.647. The van der Waals surface area contributed by atoms with Crippen molar-refractivity contribution in [1.29, 1.82) is 0 Å². The molecule has 0 saturated carbocycles. The van der Waals surface area contributed by atoms with Crippen LogP contribution in [-0.4, -0.2) is 44.3 Å². The SMILES string of the molecule is CCC(C(NC)c1ccccc1)N(C)CCOC(C)C. The maximum Gasteiger partial charge on any atom is 0.0596 e. The zero-order valence-corrected chi connectivity index (χ0v) is 13.6. The Labute approximate surface area is 124 Å². The average Bonchev–Trinajstić information content (AvgIpc) is 2.44. The van der Waals surface area contributed by atoms with E-state index in [1.807, 2.05) is 7.05 Å². The van der Waals surface area contributed by atoms with Crippen LogP contribution in [0.2, 0.25) is 0 Å². The average molecular weight is 278 g/mol. The molecular weight excluding hydrogens is 248 g/mol. The molecule has 0 bridgehead atoms. The van der Waals surface area contributed by atoms with Crippen LogP contribution in [0.5, 0.6) is 0 Å². The molecule has 0 saturated heterocycles. The van der Waals surface area contributed by atoms with Gasteiger partial charge in [-0.15, -0.1) is 0 Å². The van der Waals surface area contributed by atoms with Crippen molar-refractivity contribution >= 4 is 0 Å². The molecule has 1 N–H and O–H groups in total. The number of nitrogens with zero attached hydrogens (tertiary/aromatic N) is 1. The molecule has 0 aliphatic heterocycles. The summed E-state index contributed by atoms with van der Waals surface area (Å²) >= 11 is 0. The summed E-state index contributed by atoms with van der Waals surface area (Å²) < 4.78 is 5.66. The highest BCUT2D eigenvalue weighted by Crippen LogP contribution is 2.22. The first kappa shape index (κ1) is 17.2. The molecule has 0 aromatic heterocycles. The first-order chi connectivity index (χ1) is 9.60. The van der Waals surface area contributed by atoms with Crippen molar-refractivity contribution in [3.63, 3.8) is 0 Å². The summed E-state index contributed by atoms with van der Waals surface area (Å²) in [7, 11) is 4.23. The zero-order valence-electron chi connectivity index (χ0n) is 13.6. The molecule has 0 radical (unpaired) electrons. The lowest BCUT2D eigenvalue weighted by Crippen LogP contribution is -2.43. The van der Waals surface area contributed by atoms with Gasteiger partial charge in [0, 0.05) is 18.6 Å². The van der Waals surface area contributed by atoms with Crippen LogP contribution in [0.25, 0.3) is 0 Å². The van der Waals surface area contributed by atoms with E-state index < -0.39 is 0 Å². The van der Waals surface area contributed by atoms with Crippen LogP contribution < -0.4 is 5.32 Å². The Hall–Kier alpha value is -0.900. The summed E-state index contributed by atoms with van der Waals surface area (Å²) in [5.74, 6) is 0. The Morgan fingerprint density at radius 1 is 1.20 bits per heavy atom. The monoisotopic (exact) mass is 278 g/mol. The van der Waals surface area contributed by atoms with Crippen molar-refractivity contribution in [2.24, 2.45) is 0 Å². The van der Waals surface area contributed by atoms with Crippen LogP contribution in [0, 0.1) is 0 Å². The Balaban J connectivity index is 2.66. The Bertz CT molecular complexity index is 353. The number of hydrogen-bond acceptors (Lipinski definition) is 3. The molecule has 2 atom stereocenters. The van der Waals surface area contributed by atoms with Gasteiger partial charge in [-0.25, -0.2) is 0 Å². The van der Waals surface area contributed by atoms with Crippen LogP contribution in [-0.2, 0) is 4.74 Å². The minimum Gasteiger partial charge on any atom is -0.377 e. The van der Waals surface area contributed by atoms with Crippen molar-refractivity contribution < 1.29 is 4.74 Å². The van der Waals surface area contributed by atoms with E-state index in [9.17, 15) is 0 Å². The molecule has 0 spiro atoms. The second-order valence-electron chi connectivity index (χ2n) is 5.55. The topological polar surface area (TPSA) is 24.5 Å². The second kappa shape index (κ2) is 9.11. The smallest absolute Gasteiger partial charge is 0.0596 e. The standard InChI is InChI=1S/C17H30N2O/c1-6-16(19(5)12-13-20-14(2)3)17(18-4)15-10-8-7-9-11-15/h7-11,14,16-18H,6,12-13H2,1-5H3. The third-order valence-corrected chi connectivity index (χ3v) is 3.73. The quantitative estimate of drug-likeness (QED) is 0.751. The maximum absolute atomic E-state index is 5.66.